The van der Waals surface area contributed by atoms with Crippen LogP contribution in [-0.2, 0) is 10.0 Å². The molecule has 0 aliphatic heterocycles. The maximum atomic E-state index is 12.5. The van der Waals surface area contributed by atoms with Crippen molar-refractivity contribution in [2.24, 2.45) is 0 Å². The standard InChI is InChI=1S/C17H16N4O4S2/c1-11-3-8-14(26-11)17(22)20-12-4-6-13(7-5-12)27(23,24)21-15-9-16(25-2)19-10-18-15/h3-10H,1-2H3,(H,20,22)(H,18,19,21). The van der Waals surface area contributed by atoms with Gasteiger partial charge in [-0.3, -0.25) is 9.52 Å². The van der Waals surface area contributed by atoms with Crippen LogP contribution in [0.25, 0.3) is 0 Å². The summed E-state index contributed by atoms with van der Waals surface area (Å²) in [4.78, 5) is 21.5. The second-order valence-electron chi connectivity index (χ2n) is 5.44. The van der Waals surface area contributed by atoms with Gasteiger partial charge in [-0.15, -0.1) is 11.3 Å². The van der Waals surface area contributed by atoms with Crippen molar-refractivity contribution in [3.05, 3.63) is 58.5 Å². The number of hydrogen-bond acceptors (Lipinski definition) is 7. The van der Waals surface area contributed by atoms with Gasteiger partial charge in [-0.05, 0) is 43.3 Å². The molecule has 2 heterocycles. The predicted molar refractivity (Wildman–Crippen MR) is 103 cm³/mol. The van der Waals surface area contributed by atoms with Gasteiger partial charge in [0.1, 0.15) is 12.1 Å². The highest BCUT2D eigenvalue weighted by molar-refractivity contribution is 7.92. The Kier molecular flexibility index (Phi) is 5.38. The van der Waals surface area contributed by atoms with E-state index in [4.69, 9.17) is 4.74 Å². The molecule has 0 spiro atoms. The molecular weight excluding hydrogens is 388 g/mol. The zero-order valence-electron chi connectivity index (χ0n) is 14.5. The van der Waals surface area contributed by atoms with E-state index >= 15 is 0 Å². The third-order valence-electron chi connectivity index (χ3n) is 3.48. The van der Waals surface area contributed by atoms with Crippen molar-refractivity contribution in [1.29, 1.82) is 0 Å². The topological polar surface area (TPSA) is 110 Å². The molecule has 0 aliphatic rings. The maximum absolute atomic E-state index is 12.5. The lowest BCUT2D eigenvalue weighted by Gasteiger charge is -2.09. The number of benzene rings is 1. The molecule has 2 aromatic heterocycles. The molecule has 1 amide bonds. The number of amides is 1. The summed E-state index contributed by atoms with van der Waals surface area (Å²) in [5, 5.41) is 2.73. The first-order valence-corrected chi connectivity index (χ1v) is 10.0. The second kappa shape index (κ2) is 7.72. The summed E-state index contributed by atoms with van der Waals surface area (Å²) in [6.45, 7) is 1.92. The van der Waals surface area contributed by atoms with Crippen LogP contribution in [0.3, 0.4) is 0 Å². The number of rotatable bonds is 6. The van der Waals surface area contributed by atoms with Gasteiger partial charge in [0.15, 0.2) is 0 Å². The molecule has 8 nitrogen and oxygen atoms in total. The molecule has 0 unspecified atom stereocenters. The van der Waals surface area contributed by atoms with E-state index in [1.807, 2.05) is 13.0 Å². The molecule has 2 N–H and O–H groups in total. The molecule has 0 aliphatic carbocycles. The smallest absolute Gasteiger partial charge is 0.265 e. The van der Waals surface area contributed by atoms with E-state index in [1.165, 1.54) is 55.1 Å². The quantitative estimate of drug-likeness (QED) is 0.654. The van der Waals surface area contributed by atoms with Crippen LogP contribution in [-0.4, -0.2) is 31.4 Å². The lowest BCUT2D eigenvalue weighted by molar-refractivity contribution is 0.103. The molecule has 140 valence electrons. The van der Waals surface area contributed by atoms with E-state index in [0.29, 0.717) is 10.6 Å². The third-order valence-corrected chi connectivity index (χ3v) is 5.85. The van der Waals surface area contributed by atoms with E-state index in [2.05, 4.69) is 20.0 Å². The fraction of sp³-hybridized carbons (Fsp3) is 0.118. The highest BCUT2D eigenvalue weighted by Crippen LogP contribution is 2.20. The highest BCUT2D eigenvalue weighted by Gasteiger charge is 2.16. The van der Waals surface area contributed by atoms with Crippen LogP contribution in [0.5, 0.6) is 5.88 Å². The van der Waals surface area contributed by atoms with Crippen LogP contribution in [0.1, 0.15) is 14.5 Å². The minimum Gasteiger partial charge on any atom is -0.481 e. The van der Waals surface area contributed by atoms with Gasteiger partial charge in [0.25, 0.3) is 15.9 Å². The fourth-order valence-electron chi connectivity index (χ4n) is 2.17. The average Bonchev–Trinajstić information content (AvgIpc) is 3.08. The summed E-state index contributed by atoms with van der Waals surface area (Å²) in [7, 11) is -2.42. The first-order valence-electron chi connectivity index (χ1n) is 7.74. The molecule has 0 saturated heterocycles. The second-order valence-corrected chi connectivity index (χ2v) is 8.41. The number of nitrogens with one attached hydrogen (secondary N) is 2. The summed E-state index contributed by atoms with van der Waals surface area (Å²) >= 11 is 1.39. The van der Waals surface area contributed by atoms with E-state index < -0.39 is 10.0 Å². The fourth-order valence-corrected chi connectivity index (χ4v) is 3.93. The summed E-state index contributed by atoms with van der Waals surface area (Å²) in [6.07, 6.45) is 1.20. The number of anilines is 2. The van der Waals surface area contributed by atoms with E-state index in [1.54, 1.807) is 6.07 Å². The van der Waals surface area contributed by atoms with Crippen molar-refractivity contribution in [2.45, 2.75) is 11.8 Å². The third kappa shape index (κ3) is 4.60. The Hall–Kier alpha value is -2.98. The van der Waals surface area contributed by atoms with Crippen LogP contribution < -0.4 is 14.8 Å². The van der Waals surface area contributed by atoms with Gasteiger partial charge in [-0.2, -0.15) is 0 Å². The summed E-state index contributed by atoms with van der Waals surface area (Å²) in [5.74, 6) is 0.0896. The first kappa shape index (κ1) is 18.8. The Bertz CT molecular complexity index is 1060. The van der Waals surface area contributed by atoms with Gasteiger partial charge < -0.3 is 10.1 Å². The number of carbonyl (C=O) groups is 1. The number of hydrogen-bond donors (Lipinski definition) is 2. The number of sulfonamides is 1. The van der Waals surface area contributed by atoms with Crippen LogP contribution in [0.4, 0.5) is 11.5 Å². The van der Waals surface area contributed by atoms with E-state index in [0.717, 1.165) is 4.88 Å². The van der Waals surface area contributed by atoms with Gasteiger partial charge in [0, 0.05) is 16.6 Å². The number of methoxy groups -OCH3 is 1. The molecule has 3 aromatic rings. The molecule has 10 heteroatoms. The SMILES string of the molecule is COc1cc(NS(=O)(=O)c2ccc(NC(=O)c3ccc(C)s3)cc2)ncn1. The number of nitrogens with zero attached hydrogens (tertiary/aromatic N) is 2. The number of ether oxygens (including phenoxy) is 1. The van der Waals surface area contributed by atoms with Gasteiger partial charge >= 0.3 is 0 Å². The molecular formula is C17H16N4O4S2. The van der Waals surface area contributed by atoms with Crippen LogP contribution in [0.2, 0.25) is 0 Å². The molecule has 3 rings (SSSR count). The lowest BCUT2D eigenvalue weighted by atomic mass is 10.3. The molecule has 1 aromatic carbocycles. The molecule has 0 fully saturated rings. The van der Waals surface area contributed by atoms with Gasteiger partial charge in [0.05, 0.1) is 16.9 Å². The Balaban J connectivity index is 1.72. The molecule has 0 saturated carbocycles. The Morgan fingerprint density at radius 2 is 1.85 bits per heavy atom. The molecule has 0 bridgehead atoms. The number of thiophene rings is 1. The number of aryl methyl sites for hydroxylation is 1. The van der Waals surface area contributed by atoms with Crippen molar-refractivity contribution in [3.8, 4) is 5.88 Å². The summed E-state index contributed by atoms with van der Waals surface area (Å²) in [6, 6.07) is 10.8. The average molecular weight is 404 g/mol. The van der Waals surface area contributed by atoms with Crippen molar-refractivity contribution < 1.29 is 17.9 Å². The highest BCUT2D eigenvalue weighted by atomic mass is 32.2. The summed E-state index contributed by atoms with van der Waals surface area (Å²) < 4.78 is 32.2. The van der Waals surface area contributed by atoms with Crippen molar-refractivity contribution in [2.75, 3.05) is 17.1 Å². The van der Waals surface area contributed by atoms with Gasteiger partial charge in [-0.1, -0.05) is 0 Å². The maximum Gasteiger partial charge on any atom is 0.265 e. The Labute approximate surface area is 160 Å². The van der Waals surface area contributed by atoms with E-state index in [-0.39, 0.29) is 22.5 Å². The van der Waals surface area contributed by atoms with E-state index in [9.17, 15) is 13.2 Å². The zero-order valence-corrected chi connectivity index (χ0v) is 16.1. The monoisotopic (exact) mass is 404 g/mol. The van der Waals surface area contributed by atoms with Crippen LogP contribution >= 0.6 is 11.3 Å². The zero-order chi connectivity index (χ0) is 19.4. The van der Waals surface area contributed by atoms with Crippen molar-refractivity contribution in [1.82, 2.24) is 9.97 Å². The Morgan fingerprint density at radius 1 is 1.11 bits per heavy atom. The van der Waals surface area contributed by atoms with Crippen LogP contribution in [0, 0.1) is 6.92 Å². The molecule has 27 heavy (non-hydrogen) atoms. The van der Waals surface area contributed by atoms with Crippen LogP contribution in [0.15, 0.2) is 53.7 Å². The normalized spacial score (nSPS) is 11.0. The van der Waals surface area contributed by atoms with Crippen molar-refractivity contribution >= 4 is 38.8 Å². The molecule has 0 atom stereocenters. The number of carbonyl (C=O) groups excluding carboxylic acids is 1. The largest absolute Gasteiger partial charge is 0.481 e. The van der Waals surface area contributed by atoms with Crippen molar-refractivity contribution in [3.63, 3.8) is 0 Å². The van der Waals surface area contributed by atoms with Gasteiger partial charge in [-0.25, -0.2) is 18.4 Å². The van der Waals surface area contributed by atoms with Gasteiger partial charge in [0.2, 0.25) is 5.88 Å². The Morgan fingerprint density at radius 3 is 2.48 bits per heavy atom. The minimum atomic E-state index is -3.84. The first-order chi connectivity index (χ1) is 12.9. The summed E-state index contributed by atoms with van der Waals surface area (Å²) in [5.41, 5.74) is 0.494. The predicted octanol–water partition coefficient (Wildman–Crippen LogP) is 2.91. The lowest BCUT2D eigenvalue weighted by Crippen LogP contribution is -2.14. The molecule has 0 radical (unpaired) electrons. The minimum absolute atomic E-state index is 0.0325. The number of aromatic nitrogens is 2.